The number of hydrogen-bond acceptors (Lipinski definition) is 6. The molecule has 2 amide bonds. The summed E-state index contributed by atoms with van der Waals surface area (Å²) in [5, 5.41) is 11.9. The highest BCUT2D eigenvalue weighted by molar-refractivity contribution is 7.13. The van der Waals surface area contributed by atoms with Crippen LogP contribution in [0.25, 0.3) is 0 Å². The molecule has 3 aromatic rings. The van der Waals surface area contributed by atoms with Crippen LogP contribution in [0.4, 0.5) is 10.1 Å². The number of piperidine rings is 1. The fourth-order valence-corrected chi connectivity index (χ4v) is 4.55. The molecule has 1 aromatic heterocycles. The van der Waals surface area contributed by atoms with Crippen molar-refractivity contribution in [1.82, 2.24) is 15.1 Å². The van der Waals surface area contributed by atoms with Crippen molar-refractivity contribution in [3.8, 4) is 5.75 Å². The van der Waals surface area contributed by atoms with Gasteiger partial charge in [0.15, 0.2) is 0 Å². The van der Waals surface area contributed by atoms with E-state index in [1.807, 2.05) is 29.2 Å². The Labute approximate surface area is 189 Å². The van der Waals surface area contributed by atoms with Crippen molar-refractivity contribution in [2.24, 2.45) is 0 Å². The minimum Gasteiger partial charge on any atom is -0.497 e. The van der Waals surface area contributed by atoms with Gasteiger partial charge >= 0.3 is 0 Å². The zero-order valence-corrected chi connectivity index (χ0v) is 18.4. The van der Waals surface area contributed by atoms with Gasteiger partial charge in [-0.15, -0.1) is 10.2 Å². The summed E-state index contributed by atoms with van der Waals surface area (Å²) < 4.78 is 18.3. The lowest BCUT2D eigenvalue weighted by Crippen LogP contribution is -2.39. The lowest BCUT2D eigenvalue weighted by atomic mass is 9.98. The third-order valence-electron chi connectivity index (χ3n) is 5.35. The second-order valence-electron chi connectivity index (χ2n) is 7.61. The Hall–Kier alpha value is -3.33. The van der Waals surface area contributed by atoms with Crippen LogP contribution >= 0.6 is 11.3 Å². The van der Waals surface area contributed by atoms with Crippen LogP contribution in [0.1, 0.15) is 39.1 Å². The number of anilines is 1. The lowest BCUT2D eigenvalue weighted by Gasteiger charge is -2.31. The Morgan fingerprint density at radius 3 is 2.81 bits per heavy atom. The predicted molar refractivity (Wildman–Crippen MR) is 120 cm³/mol. The molecule has 32 heavy (non-hydrogen) atoms. The largest absolute Gasteiger partial charge is 0.497 e. The summed E-state index contributed by atoms with van der Waals surface area (Å²) >= 11 is 1.23. The molecule has 1 N–H and O–H groups in total. The van der Waals surface area contributed by atoms with E-state index in [1.54, 1.807) is 7.11 Å². The molecule has 2 heterocycles. The van der Waals surface area contributed by atoms with Gasteiger partial charge in [0.05, 0.1) is 13.5 Å². The summed E-state index contributed by atoms with van der Waals surface area (Å²) in [6.45, 7) is 1.26. The van der Waals surface area contributed by atoms with Gasteiger partial charge in [-0.1, -0.05) is 23.5 Å². The fourth-order valence-electron chi connectivity index (χ4n) is 3.68. The van der Waals surface area contributed by atoms with E-state index >= 15 is 0 Å². The van der Waals surface area contributed by atoms with Crippen molar-refractivity contribution in [2.45, 2.75) is 25.2 Å². The van der Waals surface area contributed by atoms with E-state index in [9.17, 15) is 14.0 Å². The van der Waals surface area contributed by atoms with E-state index in [0.717, 1.165) is 29.2 Å². The van der Waals surface area contributed by atoms with Crippen LogP contribution in [0.3, 0.4) is 0 Å². The Morgan fingerprint density at radius 2 is 2.03 bits per heavy atom. The van der Waals surface area contributed by atoms with E-state index in [0.29, 0.717) is 25.2 Å². The topological polar surface area (TPSA) is 84.4 Å². The van der Waals surface area contributed by atoms with Crippen LogP contribution in [0.2, 0.25) is 0 Å². The molecule has 0 unspecified atom stereocenters. The average molecular weight is 455 g/mol. The number of aromatic nitrogens is 2. The smallest absolute Gasteiger partial charge is 0.286 e. The number of methoxy groups -OCH3 is 1. The number of halogens is 1. The first-order valence-electron chi connectivity index (χ1n) is 10.3. The van der Waals surface area contributed by atoms with Gasteiger partial charge < -0.3 is 15.0 Å². The van der Waals surface area contributed by atoms with Crippen molar-refractivity contribution < 1.29 is 18.7 Å². The number of carbonyl (C=O) groups is 2. The van der Waals surface area contributed by atoms with Gasteiger partial charge in [-0.05, 0) is 54.8 Å². The highest BCUT2D eigenvalue weighted by Gasteiger charge is 2.28. The van der Waals surface area contributed by atoms with Crippen LogP contribution in [0.5, 0.6) is 5.75 Å². The highest BCUT2D eigenvalue weighted by atomic mass is 32.1. The number of carbonyl (C=O) groups excluding carboxylic acids is 2. The minimum atomic E-state index is -0.387. The first-order chi connectivity index (χ1) is 15.5. The quantitative estimate of drug-likeness (QED) is 0.611. The maximum absolute atomic E-state index is 13.0. The van der Waals surface area contributed by atoms with Gasteiger partial charge in [0, 0.05) is 24.7 Å². The molecule has 9 heteroatoms. The third-order valence-corrected chi connectivity index (χ3v) is 6.43. The number of ether oxygens (including phenoxy) is 1. The van der Waals surface area contributed by atoms with Crippen LogP contribution in [-0.4, -0.2) is 47.1 Å². The number of hydrogen-bond donors (Lipinski definition) is 1. The molecule has 1 aliphatic heterocycles. The molecule has 0 bridgehead atoms. The Balaban J connectivity index is 1.38. The van der Waals surface area contributed by atoms with Gasteiger partial charge in [0.1, 0.15) is 16.6 Å². The fraction of sp³-hybridized carbons (Fsp3) is 0.304. The number of rotatable bonds is 6. The molecule has 1 saturated heterocycles. The Morgan fingerprint density at radius 1 is 1.22 bits per heavy atom. The summed E-state index contributed by atoms with van der Waals surface area (Å²) in [7, 11) is 1.60. The highest BCUT2D eigenvalue weighted by Crippen LogP contribution is 2.30. The molecular weight excluding hydrogens is 431 g/mol. The molecule has 4 rings (SSSR count). The first-order valence-corrected chi connectivity index (χ1v) is 11.1. The lowest BCUT2D eigenvalue weighted by molar-refractivity contribution is -0.131. The number of nitrogens with zero attached hydrogens (tertiary/aromatic N) is 3. The van der Waals surface area contributed by atoms with Gasteiger partial charge in [-0.3, -0.25) is 9.59 Å². The van der Waals surface area contributed by atoms with Gasteiger partial charge in [0.2, 0.25) is 10.9 Å². The summed E-state index contributed by atoms with van der Waals surface area (Å²) in [6, 6.07) is 13.0. The molecule has 0 spiro atoms. The molecule has 1 atom stereocenters. The second-order valence-corrected chi connectivity index (χ2v) is 8.62. The molecule has 2 aromatic carbocycles. The zero-order chi connectivity index (χ0) is 22.5. The van der Waals surface area contributed by atoms with Crippen LogP contribution in [-0.2, 0) is 11.2 Å². The number of nitrogens with one attached hydrogen (secondary N) is 1. The van der Waals surface area contributed by atoms with Crippen molar-refractivity contribution in [2.75, 3.05) is 25.5 Å². The van der Waals surface area contributed by atoms with Gasteiger partial charge in [-0.2, -0.15) is 0 Å². The molecule has 166 valence electrons. The standard InChI is InChI=1S/C23H23FN4O3S/c1-31-19-6-2-4-15(12-19)13-20(29)28-11-3-5-16(14-28)22-26-27-23(32-22)21(30)25-18-9-7-17(24)8-10-18/h2,4,6-10,12,16H,3,5,11,13-14H2,1H3,(H,25,30)/t16-/m0/s1. The summed E-state index contributed by atoms with van der Waals surface area (Å²) in [4.78, 5) is 27.2. The SMILES string of the molecule is COc1cccc(CC(=O)N2CCC[C@H](c3nnc(C(=O)Nc4ccc(F)cc4)s3)C2)c1. The molecular formula is C23H23FN4O3S. The molecule has 0 saturated carbocycles. The zero-order valence-electron chi connectivity index (χ0n) is 17.6. The number of amides is 2. The van der Waals surface area contributed by atoms with Crippen molar-refractivity contribution in [3.05, 3.63) is 69.9 Å². The van der Waals surface area contributed by atoms with E-state index in [4.69, 9.17) is 4.74 Å². The first kappa shape index (κ1) is 21.9. The van der Waals surface area contributed by atoms with Crippen molar-refractivity contribution in [3.63, 3.8) is 0 Å². The van der Waals surface area contributed by atoms with Crippen LogP contribution in [0.15, 0.2) is 48.5 Å². The molecule has 0 radical (unpaired) electrons. The molecule has 1 fully saturated rings. The van der Waals surface area contributed by atoms with E-state index in [1.165, 1.54) is 35.6 Å². The van der Waals surface area contributed by atoms with Gasteiger partial charge in [-0.25, -0.2) is 4.39 Å². The summed E-state index contributed by atoms with van der Waals surface area (Å²) in [5.74, 6) is 0.0721. The van der Waals surface area contributed by atoms with Crippen LogP contribution in [0, 0.1) is 5.82 Å². The maximum Gasteiger partial charge on any atom is 0.286 e. The van der Waals surface area contributed by atoms with Crippen molar-refractivity contribution >= 4 is 28.8 Å². The molecule has 0 aliphatic carbocycles. The van der Waals surface area contributed by atoms with Crippen LogP contribution < -0.4 is 10.1 Å². The van der Waals surface area contributed by atoms with E-state index < -0.39 is 0 Å². The van der Waals surface area contributed by atoms with E-state index in [-0.39, 0.29) is 28.6 Å². The normalized spacial score (nSPS) is 15.9. The van der Waals surface area contributed by atoms with Crippen molar-refractivity contribution in [1.29, 1.82) is 0 Å². The average Bonchev–Trinajstić information content (AvgIpc) is 3.31. The third kappa shape index (κ3) is 5.28. The summed E-state index contributed by atoms with van der Waals surface area (Å²) in [6.07, 6.45) is 2.06. The Kier molecular flexibility index (Phi) is 6.75. The number of likely N-dealkylation sites (tertiary alicyclic amines) is 1. The predicted octanol–water partition coefficient (Wildman–Crippen LogP) is 3.89. The summed E-state index contributed by atoms with van der Waals surface area (Å²) in [5.41, 5.74) is 1.40. The minimum absolute atomic E-state index is 0.0443. The van der Waals surface area contributed by atoms with E-state index in [2.05, 4.69) is 15.5 Å². The maximum atomic E-state index is 13.0. The second kappa shape index (κ2) is 9.86. The molecule has 7 nitrogen and oxygen atoms in total. The van der Waals surface area contributed by atoms with Gasteiger partial charge in [0.25, 0.3) is 5.91 Å². The number of benzene rings is 2. The Bertz CT molecular complexity index is 1100. The monoisotopic (exact) mass is 454 g/mol. The molecule has 1 aliphatic rings.